The van der Waals surface area contributed by atoms with E-state index < -0.39 is 5.92 Å². The van der Waals surface area contributed by atoms with Crippen molar-refractivity contribution in [2.45, 2.75) is 60.3 Å². The van der Waals surface area contributed by atoms with Gasteiger partial charge in [0.1, 0.15) is 5.82 Å². The Morgan fingerprint density at radius 2 is 1.77 bits per heavy atom. The summed E-state index contributed by atoms with van der Waals surface area (Å²) in [6, 6.07) is 12.0. The van der Waals surface area contributed by atoms with E-state index in [0.29, 0.717) is 23.4 Å². The second-order valence-electron chi connectivity index (χ2n) is 10.4. The minimum Gasteiger partial charge on any atom is -0.372 e. The number of ketones is 1. The van der Waals surface area contributed by atoms with E-state index in [4.69, 9.17) is 0 Å². The molecule has 2 aliphatic rings. The van der Waals surface area contributed by atoms with Crippen molar-refractivity contribution in [3.05, 3.63) is 76.3 Å². The molecule has 6 nitrogen and oxygen atoms in total. The van der Waals surface area contributed by atoms with Crippen LogP contribution in [-0.2, 0) is 9.59 Å². The van der Waals surface area contributed by atoms with Crippen molar-refractivity contribution in [3.8, 4) is 0 Å². The van der Waals surface area contributed by atoms with Crippen molar-refractivity contribution in [2.75, 3.05) is 23.3 Å². The first kappa shape index (κ1) is 24.7. The molecule has 1 atom stereocenters. The number of nitrogens with one attached hydrogen (secondary N) is 2. The summed E-state index contributed by atoms with van der Waals surface area (Å²) in [5, 5.41) is 6.38. The number of aryl methyl sites for hydroxylation is 1. The Kier molecular flexibility index (Phi) is 6.84. The van der Waals surface area contributed by atoms with E-state index in [2.05, 4.69) is 72.5 Å². The molecule has 0 radical (unpaired) electrons. The number of Topliss-reactive ketones (excluding diaryl/α,β-unsaturated/α-hetero) is 1. The fourth-order valence-electron chi connectivity index (χ4n) is 5.26. The van der Waals surface area contributed by atoms with E-state index >= 15 is 0 Å². The third-order valence-electron chi connectivity index (χ3n) is 6.99. The highest BCUT2D eigenvalue weighted by Gasteiger charge is 2.42. The van der Waals surface area contributed by atoms with Gasteiger partial charge in [-0.05, 0) is 68.9 Å². The molecule has 0 unspecified atom stereocenters. The Hall–Kier alpha value is -3.41. The second kappa shape index (κ2) is 9.68. The molecule has 1 aliphatic carbocycles. The number of carbonyl (C=O) groups is 2. The number of dihydropyridines is 1. The lowest BCUT2D eigenvalue weighted by molar-refractivity contribution is -0.118. The van der Waals surface area contributed by atoms with Crippen molar-refractivity contribution in [3.63, 3.8) is 0 Å². The molecule has 0 bridgehead atoms. The Morgan fingerprint density at radius 1 is 1.09 bits per heavy atom. The number of hydrogen-bond acceptors (Lipinski definition) is 5. The van der Waals surface area contributed by atoms with Gasteiger partial charge in [-0.25, -0.2) is 4.98 Å². The molecule has 2 N–H and O–H groups in total. The second-order valence-corrected chi connectivity index (χ2v) is 10.4. The van der Waals surface area contributed by atoms with Crippen molar-refractivity contribution >= 4 is 23.2 Å². The van der Waals surface area contributed by atoms with Gasteiger partial charge in [0.2, 0.25) is 0 Å². The predicted molar refractivity (Wildman–Crippen MR) is 141 cm³/mol. The number of benzene rings is 1. The molecule has 0 fully saturated rings. The average Bonchev–Trinajstić information content (AvgIpc) is 2.80. The quantitative estimate of drug-likeness (QED) is 0.582. The van der Waals surface area contributed by atoms with Crippen LogP contribution in [0.1, 0.15) is 64.5 Å². The lowest BCUT2D eigenvalue weighted by Crippen LogP contribution is -2.39. The summed E-state index contributed by atoms with van der Waals surface area (Å²) in [4.78, 5) is 33.7. The number of carbonyl (C=O) groups excluding carboxylic acids is 2. The lowest BCUT2D eigenvalue weighted by Gasteiger charge is -2.39. The highest BCUT2D eigenvalue weighted by Crippen LogP contribution is 2.46. The monoisotopic (exact) mass is 472 g/mol. The molecule has 1 amide bonds. The highest BCUT2D eigenvalue weighted by molar-refractivity contribution is 6.09. The molecule has 1 aliphatic heterocycles. The van der Waals surface area contributed by atoms with Gasteiger partial charge in [-0.1, -0.05) is 32.0 Å². The van der Waals surface area contributed by atoms with Gasteiger partial charge in [-0.2, -0.15) is 0 Å². The third kappa shape index (κ3) is 5.02. The van der Waals surface area contributed by atoms with Gasteiger partial charge in [-0.3, -0.25) is 9.59 Å². The summed E-state index contributed by atoms with van der Waals surface area (Å²) < 4.78 is 0. The lowest BCUT2D eigenvalue weighted by atomic mass is 9.68. The molecule has 0 saturated heterocycles. The molecule has 4 rings (SSSR count). The summed E-state index contributed by atoms with van der Waals surface area (Å²) in [6.45, 7) is 14.2. The molecular formula is C29H36N4O2. The van der Waals surface area contributed by atoms with Crippen LogP contribution in [0.25, 0.3) is 0 Å². The molecule has 1 aromatic heterocycles. The van der Waals surface area contributed by atoms with E-state index in [1.54, 1.807) is 12.3 Å². The number of anilines is 2. The van der Waals surface area contributed by atoms with Gasteiger partial charge in [0.25, 0.3) is 5.91 Å². The van der Waals surface area contributed by atoms with E-state index in [0.717, 1.165) is 47.7 Å². The minimum atomic E-state index is -0.425. The Bertz CT molecular complexity index is 1190. The SMILES string of the molecule is CCN(CC)c1ccc([C@@H]2C(C(=O)Nc3ccc(C)cn3)=C(C)NC3=C2C(=O)CC(C)(C)C3)cc1. The van der Waals surface area contributed by atoms with Crippen LogP contribution in [-0.4, -0.2) is 29.8 Å². The van der Waals surface area contributed by atoms with Crippen LogP contribution in [0.4, 0.5) is 11.5 Å². The molecule has 1 aromatic carbocycles. The van der Waals surface area contributed by atoms with E-state index in [9.17, 15) is 9.59 Å². The highest BCUT2D eigenvalue weighted by atomic mass is 16.2. The average molecular weight is 473 g/mol. The van der Waals surface area contributed by atoms with E-state index in [1.165, 1.54) is 0 Å². The number of amides is 1. The summed E-state index contributed by atoms with van der Waals surface area (Å²) in [6.07, 6.45) is 2.97. The largest absolute Gasteiger partial charge is 0.372 e. The number of pyridine rings is 1. The van der Waals surface area contributed by atoms with Crippen LogP contribution < -0.4 is 15.5 Å². The molecule has 6 heteroatoms. The maximum Gasteiger partial charge on any atom is 0.255 e. The molecule has 0 spiro atoms. The number of allylic oxidation sites excluding steroid dienone is 3. The summed E-state index contributed by atoms with van der Waals surface area (Å²) in [5.74, 6) is -0.0698. The summed E-state index contributed by atoms with van der Waals surface area (Å²) >= 11 is 0. The van der Waals surface area contributed by atoms with Crippen LogP contribution in [0.3, 0.4) is 0 Å². The van der Waals surface area contributed by atoms with Gasteiger partial charge in [0.05, 0.1) is 0 Å². The number of aromatic nitrogens is 1. The standard InChI is InChI=1S/C29H36N4O2/c1-7-33(8-2)21-12-10-20(11-13-21)26-25(28(35)32-24-14-9-18(3)17-30-24)19(4)31-22-15-29(5,6)16-23(34)27(22)26/h9-14,17,26,31H,7-8,15-16H2,1-6H3,(H,30,32,35)/t26-/m1/s1. The van der Waals surface area contributed by atoms with Crippen LogP contribution in [0.2, 0.25) is 0 Å². The van der Waals surface area contributed by atoms with Gasteiger partial charge in [0.15, 0.2) is 5.78 Å². The van der Waals surface area contributed by atoms with Crippen LogP contribution in [0, 0.1) is 12.3 Å². The first-order valence-electron chi connectivity index (χ1n) is 12.5. The van der Waals surface area contributed by atoms with E-state index in [1.807, 2.05) is 19.9 Å². The van der Waals surface area contributed by atoms with Crippen LogP contribution in [0.5, 0.6) is 0 Å². The molecular weight excluding hydrogens is 436 g/mol. The summed E-state index contributed by atoms with van der Waals surface area (Å²) in [7, 11) is 0. The fourth-order valence-corrected chi connectivity index (χ4v) is 5.26. The first-order valence-corrected chi connectivity index (χ1v) is 12.5. The first-order chi connectivity index (χ1) is 16.6. The van der Waals surface area contributed by atoms with Crippen molar-refractivity contribution in [2.24, 2.45) is 5.41 Å². The van der Waals surface area contributed by atoms with Crippen molar-refractivity contribution in [1.29, 1.82) is 0 Å². The van der Waals surface area contributed by atoms with Crippen molar-refractivity contribution in [1.82, 2.24) is 10.3 Å². The van der Waals surface area contributed by atoms with E-state index in [-0.39, 0.29) is 17.1 Å². The van der Waals surface area contributed by atoms with Crippen LogP contribution >= 0.6 is 0 Å². The van der Waals surface area contributed by atoms with Crippen LogP contribution in [0.15, 0.2) is 65.1 Å². The zero-order chi connectivity index (χ0) is 25.3. The molecule has 2 aromatic rings. The molecule has 35 heavy (non-hydrogen) atoms. The smallest absolute Gasteiger partial charge is 0.255 e. The normalized spacial score (nSPS) is 19.3. The number of nitrogens with zero attached hydrogens (tertiary/aromatic N) is 2. The minimum absolute atomic E-state index is 0.104. The predicted octanol–water partition coefficient (Wildman–Crippen LogP) is 5.48. The Labute approximate surface area is 208 Å². The topological polar surface area (TPSA) is 74.3 Å². The maximum atomic E-state index is 13.6. The molecule has 184 valence electrons. The Morgan fingerprint density at radius 3 is 2.37 bits per heavy atom. The molecule has 0 saturated carbocycles. The summed E-state index contributed by atoms with van der Waals surface area (Å²) in [5.41, 5.74) is 5.98. The fraction of sp³-hybridized carbons (Fsp3) is 0.414. The van der Waals surface area contributed by atoms with Crippen molar-refractivity contribution < 1.29 is 9.59 Å². The number of rotatable bonds is 6. The van der Waals surface area contributed by atoms with Gasteiger partial charge in [0, 0.05) is 59.9 Å². The zero-order valence-corrected chi connectivity index (χ0v) is 21.7. The van der Waals surface area contributed by atoms with Gasteiger partial charge < -0.3 is 15.5 Å². The Balaban J connectivity index is 1.78. The number of hydrogen-bond donors (Lipinski definition) is 2. The zero-order valence-electron chi connectivity index (χ0n) is 21.7. The molecule has 2 heterocycles. The maximum absolute atomic E-state index is 13.6. The van der Waals surface area contributed by atoms with Gasteiger partial charge in [-0.15, -0.1) is 0 Å². The third-order valence-corrected chi connectivity index (χ3v) is 6.99. The van der Waals surface area contributed by atoms with Gasteiger partial charge >= 0.3 is 0 Å².